The molecule has 0 spiro atoms. The zero-order valence-electron chi connectivity index (χ0n) is 11.5. The summed E-state index contributed by atoms with van der Waals surface area (Å²) >= 11 is 0. The SMILES string of the molecule is CC(C)C(=O)NCC(=O)N1CCCc2ccccc21. The van der Waals surface area contributed by atoms with Crippen LogP contribution in [0.4, 0.5) is 5.69 Å². The third-order valence-corrected chi connectivity index (χ3v) is 3.35. The second-order valence-corrected chi connectivity index (χ2v) is 5.15. The van der Waals surface area contributed by atoms with Crippen molar-refractivity contribution in [2.75, 3.05) is 18.0 Å². The molecule has 1 heterocycles. The molecule has 2 amide bonds. The predicted molar refractivity (Wildman–Crippen MR) is 75.0 cm³/mol. The Bertz CT molecular complexity index is 483. The lowest BCUT2D eigenvalue weighted by atomic mass is 10.0. The maximum atomic E-state index is 12.2. The Labute approximate surface area is 113 Å². The highest BCUT2D eigenvalue weighted by atomic mass is 16.2. The maximum absolute atomic E-state index is 12.2. The summed E-state index contributed by atoms with van der Waals surface area (Å²) in [7, 11) is 0. The van der Waals surface area contributed by atoms with Crippen molar-refractivity contribution in [3.05, 3.63) is 29.8 Å². The molecule has 102 valence electrons. The molecule has 1 aromatic carbocycles. The minimum absolute atomic E-state index is 0.0406. The first kappa shape index (κ1) is 13.6. The Hall–Kier alpha value is -1.84. The van der Waals surface area contributed by atoms with Crippen molar-refractivity contribution in [2.24, 2.45) is 5.92 Å². The molecular weight excluding hydrogens is 240 g/mol. The fourth-order valence-corrected chi connectivity index (χ4v) is 2.25. The molecule has 4 heteroatoms. The van der Waals surface area contributed by atoms with Crippen LogP contribution in [0.3, 0.4) is 0 Å². The van der Waals surface area contributed by atoms with E-state index >= 15 is 0 Å². The van der Waals surface area contributed by atoms with Crippen LogP contribution < -0.4 is 10.2 Å². The summed E-state index contributed by atoms with van der Waals surface area (Å²) in [6.45, 7) is 4.44. The summed E-state index contributed by atoms with van der Waals surface area (Å²) in [5.74, 6) is -0.221. The van der Waals surface area contributed by atoms with Crippen molar-refractivity contribution in [1.29, 1.82) is 0 Å². The average molecular weight is 260 g/mol. The van der Waals surface area contributed by atoms with E-state index < -0.39 is 0 Å². The Balaban J connectivity index is 2.03. The van der Waals surface area contributed by atoms with Gasteiger partial charge in [0.25, 0.3) is 0 Å². The highest BCUT2D eigenvalue weighted by Crippen LogP contribution is 2.26. The summed E-state index contributed by atoms with van der Waals surface area (Å²) in [5.41, 5.74) is 2.19. The minimum Gasteiger partial charge on any atom is -0.347 e. The fourth-order valence-electron chi connectivity index (χ4n) is 2.25. The summed E-state index contributed by atoms with van der Waals surface area (Å²) in [6.07, 6.45) is 1.99. The molecule has 1 N–H and O–H groups in total. The monoisotopic (exact) mass is 260 g/mol. The summed E-state index contributed by atoms with van der Waals surface area (Å²) < 4.78 is 0. The number of nitrogens with one attached hydrogen (secondary N) is 1. The molecule has 0 bridgehead atoms. The molecule has 1 aliphatic rings. The number of carbonyl (C=O) groups is 2. The number of rotatable bonds is 3. The van der Waals surface area contributed by atoms with Crippen LogP contribution >= 0.6 is 0 Å². The van der Waals surface area contributed by atoms with Crippen LogP contribution in [-0.2, 0) is 16.0 Å². The van der Waals surface area contributed by atoms with E-state index in [0.717, 1.165) is 25.1 Å². The molecule has 4 nitrogen and oxygen atoms in total. The Morgan fingerprint density at radius 2 is 2.05 bits per heavy atom. The van der Waals surface area contributed by atoms with Crippen LogP contribution in [0.15, 0.2) is 24.3 Å². The van der Waals surface area contributed by atoms with Gasteiger partial charge >= 0.3 is 0 Å². The summed E-state index contributed by atoms with van der Waals surface area (Å²) in [5, 5.41) is 2.68. The van der Waals surface area contributed by atoms with Gasteiger partial charge in [0.05, 0.1) is 6.54 Å². The molecule has 0 atom stereocenters. The van der Waals surface area contributed by atoms with Crippen molar-refractivity contribution < 1.29 is 9.59 Å². The van der Waals surface area contributed by atoms with E-state index in [9.17, 15) is 9.59 Å². The molecule has 0 saturated heterocycles. The van der Waals surface area contributed by atoms with Crippen LogP contribution in [0.2, 0.25) is 0 Å². The van der Waals surface area contributed by atoms with Gasteiger partial charge in [-0.2, -0.15) is 0 Å². The molecule has 0 saturated carbocycles. The fraction of sp³-hybridized carbons (Fsp3) is 0.467. The Morgan fingerprint density at radius 1 is 1.32 bits per heavy atom. The van der Waals surface area contributed by atoms with E-state index in [4.69, 9.17) is 0 Å². The zero-order valence-corrected chi connectivity index (χ0v) is 11.5. The van der Waals surface area contributed by atoms with Gasteiger partial charge in [-0.15, -0.1) is 0 Å². The highest BCUT2D eigenvalue weighted by molar-refractivity contribution is 5.97. The van der Waals surface area contributed by atoms with Gasteiger partial charge < -0.3 is 10.2 Å². The topological polar surface area (TPSA) is 49.4 Å². The van der Waals surface area contributed by atoms with E-state index in [2.05, 4.69) is 11.4 Å². The summed E-state index contributed by atoms with van der Waals surface area (Å²) in [6, 6.07) is 7.96. The van der Waals surface area contributed by atoms with E-state index in [-0.39, 0.29) is 24.3 Å². The first-order valence-electron chi connectivity index (χ1n) is 6.75. The van der Waals surface area contributed by atoms with Crippen molar-refractivity contribution >= 4 is 17.5 Å². The van der Waals surface area contributed by atoms with Crippen LogP contribution in [-0.4, -0.2) is 24.9 Å². The van der Waals surface area contributed by atoms with E-state index in [1.54, 1.807) is 4.90 Å². The number of nitrogens with zero attached hydrogens (tertiary/aromatic N) is 1. The number of amides is 2. The largest absolute Gasteiger partial charge is 0.347 e. The molecular formula is C15H20N2O2. The van der Waals surface area contributed by atoms with E-state index in [1.165, 1.54) is 5.56 Å². The Kier molecular flexibility index (Phi) is 4.20. The normalized spacial score (nSPS) is 14.2. The number of fused-ring (bicyclic) bond motifs is 1. The van der Waals surface area contributed by atoms with Crippen molar-refractivity contribution in [3.63, 3.8) is 0 Å². The van der Waals surface area contributed by atoms with Crippen molar-refractivity contribution in [2.45, 2.75) is 26.7 Å². The lowest BCUT2D eigenvalue weighted by molar-refractivity contribution is -0.127. The average Bonchev–Trinajstić information content (AvgIpc) is 2.43. The minimum atomic E-state index is -0.0959. The van der Waals surface area contributed by atoms with Gasteiger partial charge in [0, 0.05) is 18.2 Å². The van der Waals surface area contributed by atoms with Gasteiger partial charge in [-0.3, -0.25) is 9.59 Å². The number of benzene rings is 1. The second kappa shape index (κ2) is 5.87. The van der Waals surface area contributed by atoms with Gasteiger partial charge in [-0.1, -0.05) is 32.0 Å². The Morgan fingerprint density at radius 3 is 2.79 bits per heavy atom. The van der Waals surface area contributed by atoms with E-state index in [0.29, 0.717) is 0 Å². The number of anilines is 1. The van der Waals surface area contributed by atoms with Gasteiger partial charge in [0.15, 0.2) is 0 Å². The first-order chi connectivity index (χ1) is 9.09. The lowest BCUT2D eigenvalue weighted by Gasteiger charge is -2.29. The van der Waals surface area contributed by atoms with Crippen LogP contribution in [0.5, 0.6) is 0 Å². The molecule has 0 fully saturated rings. The summed E-state index contributed by atoms with van der Waals surface area (Å²) in [4.78, 5) is 25.5. The molecule has 0 aliphatic carbocycles. The third kappa shape index (κ3) is 3.13. The van der Waals surface area contributed by atoms with Crippen LogP contribution in [0.25, 0.3) is 0 Å². The highest BCUT2D eigenvalue weighted by Gasteiger charge is 2.22. The number of aryl methyl sites for hydroxylation is 1. The number of hydrogen-bond donors (Lipinski definition) is 1. The number of hydrogen-bond acceptors (Lipinski definition) is 2. The van der Waals surface area contributed by atoms with Gasteiger partial charge in [0.1, 0.15) is 0 Å². The molecule has 19 heavy (non-hydrogen) atoms. The van der Waals surface area contributed by atoms with Crippen molar-refractivity contribution in [3.8, 4) is 0 Å². The maximum Gasteiger partial charge on any atom is 0.246 e. The smallest absolute Gasteiger partial charge is 0.246 e. The first-order valence-corrected chi connectivity index (χ1v) is 6.75. The number of carbonyl (C=O) groups excluding carboxylic acids is 2. The molecule has 0 unspecified atom stereocenters. The molecule has 1 aliphatic heterocycles. The van der Waals surface area contributed by atoms with Gasteiger partial charge in [-0.05, 0) is 24.5 Å². The van der Waals surface area contributed by atoms with Crippen LogP contribution in [0, 0.1) is 5.92 Å². The van der Waals surface area contributed by atoms with Gasteiger partial charge in [0.2, 0.25) is 11.8 Å². The van der Waals surface area contributed by atoms with E-state index in [1.807, 2.05) is 32.0 Å². The number of para-hydroxylation sites is 1. The zero-order chi connectivity index (χ0) is 13.8. The molecule has 2 rings (SSSR count). The molecule has 0 radical (unpaired) electrons. The van der Waals surface area contributed by atoms with Crippen molar-refractivity contribution in [1.82, 2.24) is 5.32 Å². The third-order valence-electron chi connectivity index (χ3n) is 3.35. The molecule has 1 aromatic rings. The predicted octanol–water partition coefficient (Wildman–Crippen LogP) is 1.74. The molecule has 0 aromatic heterocycles. The lowest BCUT2D eigenvalue weighted by Crippen LogP contribution is -2.43. The standard InChI is InChI=1S/C15H20N2O2/c1-11(2)15(19)16-10-14(18)17-9-5-7-12-6-3-4-8-13(12)17/h3-4,6,8,11H,5,7,9-10H2,1-2H3,(H,16,19). The second-order valence-electron chi connectivity index (χ2n) is 5.15. The van der Waals surface area contributed by atoms with Crippen LogP contribution in [0.1, 0.15) is 25.8 Å². The van der Waals surface area contributed by atoms with Gasteiger partial charge in [-0.25, -0.2) is 0 Å². The quantitative estimate of drug-likeness (QED) is 0.900.